The number of carbonyl (C=O) groups excluding carboxylic acids is 14. The molecule has 3 saturated carbocycles. The number of rotatable bonds is 23. The molecular formula is C91H89F2N17O20. The summed E-state index contributed by atoms with van der Waals surface area (Å²) in [5, 5.41) is 40.3. The van der Waals surface area contributed by atoms with Gasteiger partial charge in [-0.05, 0) is 231 Å². The van der Waals surface area contributed by atoms with E-state index in [0.29, 0.717) is 205 Å². The number of carboxylic acid groups (broad SMARTS) is 1. The number of carbonyl (C=O) groups is 15. The van der Waals surface area contributed by atoms with Crippen molar-refractivity contribution in [2.75, 3.05) is 31.5 Å². The van der Waals surface area contributed by atoms with Gasteiger partial charge < -0.3 is 73.6 Å². The molecule has 37 nitrogen and oxygen atoms in total. The highest BCUT2D eigenvalue weighted by molar-refractivity contribution is 6.46. The first-order chi connectivity index (χ1) is 62.2. The summed E-state index contributed by atoms with van der Waals surface area (Å²) in [5.41, 5.74) is 8.06. The van der Waals surface area contributed by atoms with E-state index in [1.165, 1.54) is 63.0 Å². The molecule has 2 aromatic carbocycles. The van der Waals surface area contributed by atoms with E-state index in [9.17, 15) is 80.7 Å². The topological polar surface area (TPSA) is 483 Å². The van der Waals surface area contributed by atoms with Crippen molar-refractivity contribution in [3.05, 3.63) is 203 Å². The molecule has 8 aromatic heterocycles. The zero-order chi connectivity index (χ0) is 93.3. The van der Waals surface area contributed by atoms with E-state index in [1.807, 2.05) is 0 Å². The van der Waals surface area contributed by atoms with Crippen molar-refractivity contribution >= 4 is 111 Å². The van der Waals surface area contributed by atoms with E-state index >= 15 is 0 Å². The van der Waals surface area contributed by atoms with Crippen molar-refractivity contribution in [3.63, 3.8) is 0 Å². The number of Topliss-reactive ketones (excluding diaryl/α,β-unsaturated/α-hetero) is 5. The van der Waals surface area contributed by atoms with Crippen molar-refractivity contribution in [3.8, 4) is 24.7 Å². The van der Waals surface area contributed by atoms with Crippen LogP contribution in [0.4, 0.5) is 20.2 Å². The third-order valence-electron chi connectivity index (χ3n) is 24.1. The summed E-state index contributed by atoms with van der Waals surface area (Å²) < 4.78 is 49.9. The Labute approximate surface area is 739 Å². The van der Waals surface area contributed by atoms with Crippen LogP contribution in [-0.2, 0) is 109 Å². The van der Waals surface area contributed by atoms with E-state index in [1.54, 1.807) is 88.6 Å². The normalized spacial score (nSPS) is 15.0. The summed E-state index contributed by atoms with van der Waals surface area (Å²) in [4.78, 5) is 196. The number of halogens is 2. The zero-order valence-electron chi connectivity index (χ0n) is 72.0. The number of methoxy groups -OCH3 is 2. The number of benzene rings is 2. The Kier molecular flexibility index (Phi) is 25.7. The van der Waals surface area contributed by atoms with Crippen molar-refractivity contribution in [2.24, 2.45) is 0 Å². The van der Waals surface area contributed by atoms with Crippen LogP contribution < -0.4 is 31.4 Å². The van der Waals surface area contributed by atoms with Gasteiger partial charge in [-0.25, -0.2) is 37.7 Å². The Bertz CT molecular complexity index is 6540. The lowest BCUT2D eigenvalue weighted by Gasteiger charge is -2.14. The Morgan fingerprint density at radius 1 is 0.500 bits per heavy atom. The fourth-order valence-corrected chi connectivity index (χ4v) is 17.5. The number of aromatic nitrogens is 12. The lowest BCUT2D eigenvalue weighted by molar-refractivity contribution is -0.137. The van der Waals surface area contributed by atoms with Crippen molar-refractivity contribution < 1.29 is 105 Å². The van der Waals surface area contributed by atoms with Crippen molar-refractivity contribution in [1.82, 2.24) is 74.3 Å². The average molecular weight is 1780 g/mol. The van der Waals surface area contributed by atoms with Crippen LogP contribution in [0.1, 0.15) is 244 Å². The molecule has 10 aromatic rings. The predicted octanol–water partition coefficient (Wildman–Crippen LogP) is 7.53. The smallest absolute Gasteiger partial charge is 0.382 e. The van der Waals surface area contributed by atoms with Gasteiger partial charge in [0.1, 0.15) is 62.4 Å². The van der Waals surface area contributed by atoms with Crippen molar-refractivity contribution in [1.29, 1.82) is 0 Å². The number of ketones is 5. The van der Waals surface area contributed by atoms with Gasteiger partial charge in [-0.2, -0.15) is 15.4 Å². The molecular weight excluding hydrogens is 1690 g/mol. The minimum Gasteiger partial charge on any atom is -0.475 e. The van der Waals surface area contributed by atoms with Crippen molar-refractivity contribution in [2.45, 2.75) is 194 Å². The number of aliphatic carboxylic acids is 1. The summed E-state index contributed by atoms with van der Waals surface area (Å²) in [5.74, 6) is -6.83. The molecule has 672 valence electrons. The lowest BCUT2D eigenvalue weighted by atomic mass is 10.0. The van der Waals surface area contributed by atoms with Crippen LogP contribution in [0, 0.1) is 70.9 Å². The Morgan fingerprint density at radius 3 is 1.25 bits per heavy atom. The van der Waals surface area contributed by atoms with Gasteiger partial charge >= 0.3 is 29.8 Å². The number of terminal acetylenes is 2. The molecule has 0 bridgehead atoms. The predicted molar refractivity (Wildman–Crippen MR) is 454 cm³/mol. The molecule has 0 atom stereocenters. The lowest BCUT2D eigenvalue weighted by Crippen LogP contribution is -2.40. The number of hydrogen-bond acceptors (Lipinski definition) is 24. The second-order valence-corrected chi connectivity index (χ2v) is 32.3. The van der Waals surface area contributed by atoms with Gasteiger partial charge in [0.2, 0.25) is 5.65 Å². The van der Waals surface area contributed by atoms with Gasteiger partial charge in [0.25, 0.3) is 58.5 Å². The van der Waals surface area contributed by atoms with Crippen LogP contribution in [0.3, 0.4) is 0 Å². The summed E-state index contributed by atoms with van der Waals surface area (Å²) in [7, 11) is 2.55. The molecule has 3 fully saturated rings. The molecule has 8 aliphatic rings. The number of fused-ring (bicyclic) bond motifs is 6. The highest BCUT2D eigenvalue weighted by Gasteiger charge is 2.51. The molecule has 0 unspecified atom stereocenters. The van der Waals surface area contributed by atoms with Crippen LogP contribution >= 0.6 is 0 Å². The quantitative estimate of drug-likeness (QED) is 0.00812. The minimum atomic E-state index is -1.50. The number of H-pyrrole nitrogens is 1. The number of carboxylic acids is 1. The van der Waals surface area contributed by atoms with Gasteiger partial charge in [0.15, 0.2) is 0 Å². The number of anilines is 2. The fourth-order valence-electron chi connectivity index (χ4n) is 17.5. The van der Waals surface area contributed by atoms with Gasteiger partial charge in [-0.1, -0.05) is 24.0 Å². The summed E-state index contributed by atoms with van der Waals surface area (Å²) in [6, 6.07) is 14.6. The molecule has 0 spiro atoms. The second-order valence-electron chi connectivity index (χ2n) is 32.3. The molecule has 39 heteroatoms. The van der Waals surface area contributed by atoms with Gasteiger partial charge in [0, 0.05) is 78.8 Å². The van der Waals surface area contributed by atoms with E-state index in [4.69, 9.17) is 32.3 Å². The summed E-state index contributed by atoms with van der Waals surface area (Å²) in [6.45, 7) is 12.9. The standard InChI is InChI=1S/C22H21FN6O3.C22H20FN3O3.C21H18N6O4.C14H17NO5.C12H13NO5/c1-12-17(19(30)21(32)26-22(7-8-22)16-11-24-28-27-16)15-6-3-9-29(15)18(12)20(31)25-14-5-2-4-13(23)10-14;1-3-22(9-10-22)25-21(29)19(27)17-13(2)18(26-11-5-8-16(17)26)20(28)24-15-7-4-6-14(23)12-15;1-3-21(8-9-21)23-19(29)17(28)15-12(2)16(26-11-5-7-14(15)26)20(30)31-27-18-13(24-25-27)6-4-10-22-18;1-4-20-14(18)12(16)10-8(2)11(13(17)19-3)15-7-5-6-9(10)15;1-6-8(10(14)11(15)16)7-4-3-5-13(7)9(6)12(17)18-2/h2,4-5,10-11H,3,6-9H2,1H3,(H,25,31)(H,26,32)(H,24,27,28);1,4,6-7,12H,5,8-11H2,2H3,(H,24,28)(H,25,29);1,4,6,10H,5,7-9,11H2,2H3,(H,23,29);4-7H2,1-3H3;3-5H2,1-2H3,(H,15,16). The number of esters is 3. The third kappa shape index (κ3) is 17.5. The Hall–Kier alpha value is -15.4. The number of amides is 5. The number of pyridine rings is 1. The average Bonchev–Trinajstić information content (AvgIpc) is 1.59. The molecule has 3 aliphatic carbocycles. The molecule has 7 N–H and O–H groups in total. The Morgan fingerprint density at radius 2 is 0.885 bits per heavy atom. The SMILES string of the molecule is C#CC1(NC(=O)C(=O)c2c(C)c(C(=O)Nc3cccc(F)c3)n3c2CCC3)CC1.C#CC1(NC(=O)C(=O)c2c(C)c(C(=O)On3nnc4cccnc43)n3c2CCC3)CC1.CCOC(=O)C(=O)c1c(C)c(C(=O)OC)n2c1CCC2.COC(=O)c1c(C)c(C(=O)C(=O)O)c2n1CCC2.Cc1c(C(=O)C(=O)NC2(c3cn[nH]n3)CC2)c2n(c1C(=O)Nc1cccc(F)c1)CCC2. The third-order valence-corrected chi connectivity index (χ3v) is 24.1. The van der Waals surface area contributed by atoms with Gasteiger partial charge in [0.05, 0.1) is 60.4 Å². The van der Waals surface area contributed by atoms with Crippen LogP contribution in [0.5, 0.6) is 0 Å². The molecule has 130 heavy (non-hydrogen) atoms. The maximum Gasteiger partial charge on any atom is 0.382 e. The molecule has 5 amide bonds. The first-order valence-corrected chi connectivity index (χ1v) is 41.9. The fraction of sp³-hybridized carbons (Fsp3) is 0.363. The van der Waals surface area contributed by atoms with E-state index in [2.05, 4.69) is 73.9 Å². The van der Waals surface area contributed by atoms with E-state index in [0.717, 1.165) is 42.6 Å². The Balaban J connectivity index is 0.000000133. The molecule has 18 rings (SSSR count). The molecule has 5 aliphatic heterocycles. The summed E-state index contributed by atoms with van der Waals surface area (Å²) in [6.07, 6.45) is 24.9. The number of nitrogens with zero attached hydrogens (tertiary/aromatic N) is 11. The maximum atomic E-state index is 13.5. The van der Waals surface area contributed by atoms with Crippen LogP contribution in [0.15, 0.2) is 73.1 Å². The number of aromatic amines is 1. The number of ether oxygens (including phenoxy) is 3. The largest absolute Gasteiger partial charge is 0.475 e. The monoisotopic (exact) mass is 1780 g/mol. The van der Waals surface area contributed by atoms with E-state index < -0.39 is 117 Å². The second kappa shape index (κ2) is 36.9. The van der Waals surface area contributed by atoms with Crippen LogP contribution in [-0.4, -0.2) is 184 Å². The highest BCUT2D eigenvalue weighted by Crippen LogP contribution is 2.45. The summed E-state index contributed by atoms with van der Waals surface area (Å²) >= 11 is 0. The molecule has 0 saturated heterocycles. The minimum absolute atomic E-state index is 0.139. The first kappa shape index (κ1) is 90.8. The van der Waals surface area contributed by atoms with E-state index in [-0.39, 0.29) is 40.2 Å². The van der Waals surface area contributed by atoms with Gasteiger partial charge in [-0.15, -0.1) is 17.9 Å². The maximum absolute atomic E-state index is 13.5. The van der Waals surface area contributed by atoms with Crippen LogP contribution in [0.25, 0.3) is 11.2 Å². The van der Waals surface area contributed by atoms with Gasteiger partial charge in [-0.3, -0.25) is 47.9 Å². The molecule has 0 radical (unpaired) electrons. The van der Waals surface area contributed by atoms with Crippen LogP contribution in [0.2, 0.25) is 0 Å². The molecule has 13 heterocycles. The number of nitrogens with one attached hydrogen (secondary N) is 6. The number of hydrogen-bond donors (Lipinski definition) is 7. The first-order valence-electron chi connectivity index (χ1n) is 41.9. The zero-order valence-corrected chi connectivity index (χ0v) is 72.0. The highest BCUT2D eigenvalue weighted by atomic mass is 19.1.